The van der Waals surface area contributed by atoms with E-state index in [0.717, 1.165) is 24.3 Å². The Kier molecular flexibility index (Phi) is 5.87. The van der Waals surface area contributed by atoms with Crippen molar-refractivity contribution in [1.82, 2.24) is 14.9 Å². The molecule has 0 unspecified atom stereocenters. The number of amides is 1. The van der Waals surface area contributed by atoms with Gasteiger partial charge in [-0.1, -0.05) is 6.07 Å². The molecule has 2 aromatic rings. The van der Waals surface area contributed by atoms with Crippen molar-refractivity contribution in [3.8, 4) is 0 Å². The monoisotopic (exact) mass is 327 g/mol. The van der Waals surface area contributed by atoms with Crippen LogP contribution in [-0.2, 0) is 0 Å². The maximum absolute atomic E-state index is 12.5. The van der Waals surface area contributed by atoms with E-state index in [4.69, 9.17) is 0 Å². The van der Waals surface area contributed by atoms with Gasteiger partial charge in [0.05, 0.1) is 0 Å². The first-order valence-electron chi connectivity index (χ1n) is 7.98. The summed E-state index contributed by atoms with van der Waals surface area (Å²) >= 11 is 0. The molecule has 0 aliphatic carbocycles. The van der Waals surface area contributed by atoms with Crippen molar-refractivity contribution in [2.24, 2.45) is 0 Å². The molecule has 0 bridgehead atoms. The highest BCUT2D eigenvalue weighted by molar-refractivity contribution is 6.03. The number of aryl methyl sites for hydroxylation is 3. The van der Waals surface area contributed by atoms with Gasteiger partial charge in [-0.2, -0.15) is 0 Å². The second-order valence-electron chi connectivity index (χ2n) is 6.17. The lowest BCUT2D eigenvalue weighted by molar-refractivity contribution is 0.102. The number of nitrogens with zero attached hydrogens (tertiary/aromatic N) is 3. The lowest BCUT2D eigenvalue weighted by atomic mass is 10.1. The Morgan fingerprint density at radius 2 is 1.83 bits per heavy atom. The summed E-state index contributed by atoms with van der Waals surface area (Å²) in [6.45, 7) is 7.48. The molecule has 6 nitrogen and oxygen atoms in total. The smallest absolute Gasteiger partial charge is 0.274 e. The summed E-state index contributed by atoms with van der Waals surface area (Å²) in [6.07, 6.45) is 0. The number of hydrogen-bond acceptors (Lipinski definition) is 5. The second kappa shape index (κ2) is 7.88. The van der Waals surface area contributed by atoms with E-state index in [0.29, 0.717) is 17.3 Å². The Bertz CT molecular complexity index is 727. The molecule has 0 spiro atoms. The molecule has 0 aliphatic rings. The van der Waals surface area contributed by atoms with Crippen LogP contribution in [0.1, 0.15) is 27.4 Å². The van der Waals surface area contributed by atoms with Crippen molar-refractivity contribution in [3.05, 3.63) is 46.9 Å². The molecule has 2 N–H and O–H groups in total. The van der Waals surface area contributed by atoms with E-state index in [2.05, 4.69) is 25.5 Å². The van der Waals surface area contributed by atoms with Crippen LogP contribution in [0.5, 0.6) is 0 Å². The summed E-state index contributed by atoms with van der Waals surface area (Å²) in [5.41, 5.74) is 3.45. The van der Waals surface area contributed by atoms with E-state index in [-0.39, 0.29) is 5.91 Å². The number of anilines is 2. The third kappa shape index (κ3) is 5.03. The van der Waals surface area contributed by atoms with Gasteiger partial charge in [0.25, 0.3) is 5.91 Å². The lowest BCUT2D eigenvalue weighted by Gasteiger charge is -2.12. The minimum absolute atomic E-state index is 0.237. The fourth-order valence-electron chi connectivity index (χ4n) is 2.20. The number of carbonyl (C=O) groups is 1. The standard InChI is InChI=1S/C18H25N5O/c1-12-6-7-15(10-13(12)2)22-18(24)16-11-17(21-14(3)20-16)19-8-9-23(4)5/h6-7,10-11H,8-9H2,1-5H3,(H,22,24)(H,19,20,21). The largest absolute Gasteiger partial charge is 0.369 e. The normalized spacial score (nSPS) is 10.8. The van der Waals surface area contributed by atoms with Crippen LogP contribution in [0.2, 0.25) is 0 Å². The van der Waals surface area contributed by atoms with Crippen LogP contribution >= 0.6 is 0 Å². The first kappa shape index (κ1) is 17.9. The number of aromatic nitrogens is 2. The number of nitrogens with one attached hydrogen (secondary N) is 2. The maximum Gasteiger partial charge on any atom is 0.274 e. The van der Waals surface area contributed by atoms with Gasteiger partial charge >= 0.3 is 0 Å². The van der Waals surface area contributed by atoms with Crippen LogP contribution in [0.3, 0.4) is 0 Å². The third-order valence-electron chi connectivity index (χ3n) is 3.70. The zero-order valence-electron chi connectivity index (χ0n) is 15.0. The van der Waals surface area contributed by atoms with Gasteiger partial charge in [-0.15, -0.1) is 0 Å². The molecule has 1 aromatic heterocycles. The minimum Gasteiger partial charge on any atom is -0.369 e. The van der Waals surface area contributed by atoms with Crippen molar-refractivity contribution >= 4 is 17.4 Å². The van der Waals surface area contributed by atoms with Crippen LogP contribution in [0.4, 0.5) is 11.5 Å². The van der Waals surface area contributed by atoms with E-state index in [9.17, 15) is 4.79 Å². The topological polar surface area (TPSA) is 70.2 Å². The molecule has 0 saturated carbocycles. The van der Waals surface area contributed by atoms with Crippen molar-refractivity contribution in [2.45, 2.75) is 20.8 Å². The molecular formula is C18H25N5O. The quantitative estimate of drug-likeness (QED) is 0.853. The fraction of sp³-hybridized carbons (Fsp3) is 0.389. The molecule has 0 saturated heterocycles. The number of carbonyl (C=O) groups excluding carboxylic acids is 1. The van der Waals surface area contributed by atoms with E-state index >= 15 is 0 Å². The molecule has 1 amide bonds. The third-order valence-corrected chi connectivity index (χ3v) is 3.70. The first-order valence-corrected chi connectivity index (χ1v) is 7.98. The zero-order valence-corrected chi connectivity index (χ0v) is 15.0. The Labute approximate surface area is 143 Å². The Morgan fingerprint density at radius 3 is 2.50 bits per heavy atom. The minimum atomic E-state index is -0.237. The molecule has 2 rings (SSSR count). The highest BCUT2D eigenvalue weighted by atomic mass is 16.1. The molecule has 0 fully saturated rings. The van der Waals surface area contributed by atoms with Gasteiger partial charge < -0.3 is 15.5 Å². The van der Waals surface area contributed by atoms with E-state index in [1.165, 1.54) is 5.56 Å². The maximum atomic E-state index is 12.5. The van der Waals surface area contributed by atoms with Crippen LogP contribution in [-0.4, -0.2) is 48.0 Å². The SMILES string of the molecule is Cc1nc(NCCN(C)C)cc(C(=O)Nc2ccc(C)c(C)c2)n1. The summed E-state index contributed by atoms with van der Waals surface area (Å²) in [7, 11) is 4.02. The van der Waals surface area contributed by atoms with Gasteiger partial charge in [-0.05, 0) is 58.1 Å². The molecule has 128 valence electrons. The Balaban J connectivity index is 2.10. The summed E-state index contributed by atoms with van der Waals surface area (Å²) < 4.78 is 0. The predicted molar refractivity (Wildman–Crippen MR) is 97.7 cm³/mol. The van der Waals surface area contributed by atoms with Gasteiger partial charge in [-0.25, -0.2) is 9.97 Å². The van der Waals surface area contributed by atoms with Gasteiger partial charge in [0.2, 0.25) is 0 Å². The van der Waals surface area contributed by atoms with Crippen LogP contribution in [0.15, 0.2) is 24.3 Å². The molecule has 0 radical (unpaired) electrons. The number of rotatable bonds is 6. The molecule has 0 aliphatic heterocycles. The molecule has 1 heterocycles. The molecule has 6 heteroatoms. The van der Waals surface area contributed by atoms with Gasteiger partial charge in [0.15, 0.2) is 0 Å². The molecule has 24 heavy (non-hydrogen) atoms. The number of hydrogen-bond donors (Lipinski definition) is 2. The second-order valence-corrected chi connectivity index (χ2v) is 6.17. The molecule has 0 atom stereocenters. The summed E-state index contributed by atoms with van der Waals surface area (Å²) in [4.78, 5) is 23.1. The predicted octanol–water partition coefficient (Wildman–Crippen LogP) is 2.63. The lowest BCUT2D eigenvalue weighted by Crippen LogP contribution is -2.22. The van der Waals surface area contributed by atoms with Crippen molar-refractivity contribution < 1.29 is 4.79 Å². The Morgan fingerprint density at radius 1 is 1.08 bits per heavy atom. The van der Waals surface area contributed by atoms with Crippen LogP contribution in [0, 0.1) is 20.8 Å². The van der Waals surface area contributed by atoms with E-state index in [1.807, 2.05) is 46.1 Å². The first-order chi connectivity index (χ1) is 11.3. The van der Waals surface area contributed by atoms with Crippen LogP contribution in [0.25, 0.3) is 0 Å². The molecular weight excluding hydrogens is 302 g/mol. The summed E-state index contributed by atoms with van der Waals surface area (Å²) in [5.74, 6) is 0.990. The van der Waals surface area contributed by atoms with Gasteiger partial charge in [0.1, 0.15) is 17.3 Å². The fourth-order valence-corrected chi connectivity index (χ4v) is 2.20. The van der Waals surface area contributed by atoms with Gasteiger partial charge in [-0.3, -0.25) is 4.79 Å². The Hall–Kier alpha value is -2.47. The van der Waals surface area contributed by atoms with Crippen molar-refractivity contribution in [1.29, 1.82) is 0 Å². The summed E-state index contributed by atoms with van der Waals surface area (Å²) in [6, 6.07) is 7.52. The van der Waals surface area contributed by atoms with E-state index < -0.39 is 0 Å². The molecule has 1 aromatic carbocycles. The number of likely N-dealkylation sites (N-methyl/N-ethyl adjacent to an activating group) is 1. The highest BCUT2D eigenvalue weighted by Crippen LogP contribution is 2.15. The van der Waals surface area contributed by atoms with Crippen molar-refractivity contribution in [3.63, 3.8) is 0 Å². The summed E-state index contributed by atoms with van der Waals surface area (Å²) in [5, 5.41) is 6.11. The highest BCUT2D eigenvalue weighted by Gasteiger charge is 2.11. The van der Waals surface area contributed by atoms with Crippen LogP contribution < -0.4 is 10.6 Å². The van der Waals surface area contributed by atoms with Crippen molar-refractivity contribution in [2.75, 3.05) is 37.8 Å². The number of benzene rings is 1. The average molecular weight is 327 g/mol. The van der Waals surface area contributed by atoms with Gasteiger partial charge in [0, 0.05) is 24.8 Å². The van der Waals surface area contributed by atoms with E-state index in [1.54, 1.807) is 13.0 Å². The zero-order chi connectivity index (χ0) is 17.7. The average Bonchev–Trinajstić information content (AvgIpc) is 2.50.